The van der Waals surface area contributed by atoms with E-state index in [2.05, 4.69) is 19.2 Å². The van der Waals surface area contributed by atoms with Gasteiger partial charge in [0.2, 0.25) is 5.91 Å². The third-order valence-corrected chi connectivity index (χ3v) is 7.78. The molecular weight excluding hydrogens is 374 g/mol. The van der Waals surface area contributed by atoms with Crippen LogP contribution in [0.3, 0.4) is 0 Å². The highest BCUT2D eigenvalue weighted by Crippen LogP contribution is 2.30. The first-order valence-corrected chi connectivity index (χ1v) is 11.1. The Kier molecular flexibility index (Phi) is 6.97. The summed E-state index contributed by atoms with van der Waals surface area (Å²) in [5.41, 5.74) is 0.458. The molecule has 0 aliphatic heterocycles. The average molecular weight is 402 g/mol. The van der Waals surface area contributed by atoms with E-state index in [0.29, 0.717) is 28.2 Å². The predicted octanol–water partition coefficient (Wildman–Crippen LogP) is 3.59. The number of carbonyl (C=O) groups excluding carboxylic acids is 1. The third-order valence-electron chi connectivity index (χ3n) is 5.54. The van der Waals surface area contributed by atoms with Crippen molar-refractivity contribution in [2.24, 2.45) is 11.8 Å². The molecular formula is C19H28ClNO4S. The lowest BCUT2D eigenvalue weighted by Gasteiger charge is -2.35. The highest BCUT2D eigenvalue weighted by atomic mass is 35.5. The standard InChI is InChI=1S/C19H28ClNO4S/c1-12-6-5-7-17(13(12)2)21-19(22)14(3)26(23,24)11-15-10-16(20)8-9-18(15)25-4/h8-10,12-14,17H,5-7,11H2,1-4H3,(H,21,22)/t12-,13+,14-,17-/m1/s1. The van der Waals surface area contributed by atoms with Gasteiger partial charge in [0.1, 0.15) is 11.0 Å². The maximum absolute atomic E-state index is 12.7. The summed E-state index contributed by atoms with van der Waals surface area (Å²) in [6.45, 7) is 5.73. The van der Waals surface area contributed by atoms with E-state index in [1.54, 1.807) is 18.2 Å². The second-order valence-corrected chi connectivity index (χ2v) is 10.0. The summed E-state index contributed by atoms with van der Waals surface area (Å²) in [7, 11) is -2.22. The van der Waals surface area contributed by atoms with Crippen molar-refractivity contribution < 1.29 is 17.9 Å². The van der Waals surface area contributed by atoms with Gasteiger partial charge in [-0.05, 0) is 43.4 Å². The van der Waals surface area contributed by atoms with Crippen LogP contribution < -0.4 is 10.1 Å². The van der Waals surface area contributed by atoms with Gasteiger partial charge in [0.15, 0.2) is 9.84 Å². The van der Waals surface area contributed by atoms with Gasteiger partial charge in [-0.2, -0.15) is 0 Å². The molecule has 2 rings (SSSR count). The van der Waals surface area contributed by atoms with Gasteiger partial charge in [-0.1, -0.05) is 38.3 Å². The average Bonchev–Trinajstić information content (AvgIpc) is 2.58. The Morgan fingerprint density at radius 1 is 1.35 bits per heavy atom. The van der Waals surface area contributed by atoms with Crippen molar-refractivity contribution in [3.63, 3.8) is 0 Å². The summed E-state index contributed by atoms with van der Waals surface area (Å²) in [4.78, 5) is 12.6. The van der Waals surface area contributed by atoms with E-state index in [4.69, 9.17) is 16.3 Å². The van der Waals surface area contributed by atoms with Gasteiger partial charge in [-0.25, -0.2) is 8.42 Å². The van der Waals surface area contributed by atoms with Gasteiger partial charge in [0.05, 0.1) is 12.9 Å². The number of halogens is 1. The van der Waals surface area contributed by atoms with Crippen LogP contribution in [0.4, 0.5) is 0 Å². The number of hydrogen-bond donors (Lipinski definition) is 1. The number of carbonyl (C=O) groups is 1. The SMILES string of the molecule is COc1ccc(Cl)cc1CS(=O)(=O)[C@H](C)C(=O)N[C@@H]1CCC[C@@H](C)[C@@H]1C. The molecule has 1 amide bonds. The molecule has 4 atom stereocenters. The highest BCUT2D eigenvalue weighted by Gasteiger charge is 2.33. The molecule has 7 heteroatoms. The fourth-order valence-corrected chi connectivity index (χ4v) is 4.95. The lowest BCUT2D eigenvalue weighted by molar-refractivity contribution is -0.121. The minimum absolute atomic E-state index is 0.0320. The minimum atomic E-state index is -3.69. The number of ether oxygens (including phenoxy) is 1. The molecule has 146 valence electrons. The predicted molar refractivity (Wildman–Crippen MR) is 104 cm³/mol. The Balaban J connectivity index is 2.10. The Morgan fingerprint density at radius 2 is 2.04 bits per heavy atom. The summed E-state index contributed by atoms with van der Waals surface area (Å²) >= 11 is 5.97. The van der Waals surface area contributed by atoms with E-state index < -0.39 is 21.0 Å². The first-order chi connectivity index (χ1) is 12.2. The zero-order valence-electron chi connectivity index (χ0n) is 15.8. The molecule has 1 aliphatic rings. The van der Waals surface area contributed by atoms with Crippen molar-refractivity contribution in [2.75, 3.05) is 7.11 Å². The van der Waals surface area contributed by atoms with Gasteiger partial charge in [-0.3, -0.25) is 4.79 Å². The highest BCUT2D eigenvalue weighted by molar-refractivity contribution is 7.92. The quantitative estimate of drug-likeness (QED) is 0.790. The molecule has 1 aromatic carbocycles. The summed E-state index contributed by atoms with van der Waals surface area (Å²) in [5.74, 6) is 0.589. The maximum atomic E-state index is 12.7. The van der Waals surface area contributed by atoms with Crippen molar-refractivity contribution in [2.45, 2.75) is 57.1 Å². The third kappa shape index (κ3) is 4.92. The molecule has 0 aromatic heterocycles. The van der Waals surface area contributed by atoms with E-state index in [9.17, 15) is 13.2 Å². The van der Waals surface area contributed by atoms with Crippen LogP contribution in [0.25, 0.3) is 0 Å². The van der Waals surface area contributed by atoms with Gasteiger partial charge in [-0.15, -0.1) is 0 Å². The number of benzene rings is 1. The Morgan fingerprint density at radius 3 is 2.69 bits per heavy atom. The van der Waals surface area contributed by atoms with Gasteiger partial charge in [0, 0.05) is 16.6 Å². The largest absolute Gasteiger partial charge is 0.496 e. The first kappa shape index (κ1) is 21.0. The van der Waals surface area contributed by atoms with E-state index in [1.807, 2.05) is 0 Å². The normalized spacial score (nSPS) is 24.7. The van der Waals surface area contributed by atoms with Crippen molar-refractivity contribution >= 4 is 27.3 Å². The fourth-order valence-electron chi connectivity index (χ4n) is 3.45. The fraction of sp³-hybridized carbons (Fsp3) is 0.632. The molecule has 1 saturated carbocycles. The second kappa shape index (κ2) is 8.61. The van der Waals surface area contributed by atoms with E-state index in [0.717, 1.165) is 19.3 Å². The van der Waals surface area contributed by atoms with Crippen molar-refractivity contribution in [3.05, 3.63) is 28.8 Å². The summed E-state index contributed by atoms with van der Waals surface area (Å²) in [5, 5.41) is 2.26. The van der Waals surface area contributed by atoms with Crippen LogP contribution in [0.2, 0.25) is 5.02 Å². The second-order valence-electron chi connectivity index (χ2n) is 7.29. The molecule has 1 N–H and O–H groups in total. The Labute approximate surface area is 161 Å². The smallest absolute Gasteiger partial charge is 0.238 e. The Hall–Kier alpha value is -1.27. The number of amides is 1. The molecule has 0 saturated heterocycles. The molecule has 0 bridgehead atoms. The van der Waals surface area contributed by atoms with Crippen LogP contribution in [0.1, 0.15) is 45.6 Å². The number of hydrogen-bond acceptors (Lipinski definition) is 4. The molecule has 1 aliphatic carbocycles. The molecule has 0 heterocycles. The monoisotopic (exact) mass is 401 g/mol. The van der Waals surface area contributed by atoms with Gasteiger partial charge < -0.3 is 10.1 Å². The number of nitrogens with one attached hydrogen (secondary N) is 1. The zero-order chi connectivity index (χ0) is 19.5. The van der Waals surface area contributed by atoms with Crippen LogP contribution in [0.15, 0.2) is 18.2 Å². The van der Waals surface area contributed by atoms with E-state index in [-0.39, 0.29) is 11.8 Å². The topological polar surface area (TPSA) is 72.5 Å². The van der Waals surface area contributed by atoms with Crippen LogP contribution >= 0.6 is 11.6 Å². The van der Waals surface area contributed by atoms with Crippen molar-refractivity contribution in [3.8, 4) is 5.75 Å². The molecule has 5 nitrogen and oxygen atoms in total. The summed E-state index contributed by atoms with van der Waals surface area (Å²) in [6.07, 6.45) is 3.10. The molecule has 1 aromatic rings. The zero-order valence-corrected chi connectivity index (χ0v) is 17.4. The van der Waals surface area contributed by atoms with Crippen molar-refractivity contribution in [1.29, 1.82) is 0 Å². The first-order valence-electron chi connectivity index (χ1n) is 9.00. The maximum Gasteiger partial charge on any atom is 0.238 e. The summed E-state index contributed by atoms with van der Waals surface area (Å²) < 4.78 is 30.7. The van der Waals surface area contributed by atoms with Crippen LogP contribution in [0.5, 0.6) is 5.75 Å². The number of sulfone groups is 1. The van der Waals surface area contributed by atoms with Crippen molar-refractivity contribution in [1.82, 2.24) is 5.32 Å². The summed E-state index contributed by atoms with van der Waals surface area (Å²) in [6, 6.07) is 4.86. The van der Waals surface area contributed by atoms with Crippen LogP contribution in [-0.4, -0.2) is 32.7 Å². The lowest BCUT2D eigenvalue weighted by atomic mass is 9.78. The Bertz CT molecular complexity index is 750. The molecule has 0 radical (unpaired) electrons. The molecule has 0 unspecified atom stereocenters. The molecule has 0 spiro atoms. The number of methoxy groups -OCH3 is 1. The molecule has 26 heavy (non-hydrogen) atoms. The van der Waals surface area contributed by atoms with E-state index in [1.165, 1.54) is 14.0 Å². The lowest BCUT2D eigenvalue weighted by Crippen LogP contribution is -2.48. The van der Waals surface area contributed by atoms with E-state index >= 15 is 0 Å². The minimum Gasteiger partial charge on any atom is -0.496 e. The number of rotatable bonds is 6. The molecule has 1 fully saturated rings. The van der Waals surface area contributed by atoms with Crippen LogP contribution in [0, 0.1) is 11.8 Å². The van der Waals surface area contributed by atoms with Gasteiger partial charge >= 0.3 is 0 Å². The van der Waals surface area contributed by atoms with Gasteiger partial charge in [0.25, 0.3) is 0 Å². The van der Waals surface area contributed by atoms with Crippen LogP contribution in [-0.2, 0) is 20.4 Å².